The van der Waals surface area contributed by atoms with Gasteiger partial charge >= 0.3 is 0 Å². The number of nitrogens with zero attached hydrogens (tertiary/aromatic N) is 2. The van der Waals surface area contributed by atoms with Crippen molar-refractivity contribution in [2.45, 2.75) is 20.8 Å². The van der Waals surface area contributed by atoms with E-state index in [4.69, 9.17) is 5.73 Å². The first-order valence-electron chi connectivity index (χ1n) is 7.03. The van der Waals surface area contributed by atoms with Crippen LogP contribution in [0.2, 0.25) is 0 Å². The van der Waals surface area contributed by atoms with Gasteiger partial charge in [0, 0.05) is 30.2 Å². The molecule has 2 aromatic rings. The number of nitrogens with two attached hydrogens (primary N) is 1. The van der Waals surface area contributed by atoms with Crippen molar-refractivity contribution in [2.24, 2.45) is 0 Å². The zero-order chi connectivity index (χ0) is 15.4. The monoisotopic (exact) mass is 287 g/mol. The van der Waals surface area contributed by atoms with Gasteiger partial charge in [0.05, 0.1) is 0 Å². The Balaban J connectivity index is 2.12. The average Bonchev–Trinajstić information content (AvgIpc) is 2.81. The number of benzene rings is 1. The number of hydrogen-bond acceptors (Lipinski definition) is 4. The fourth-order valence-electron chi connectivity index (χ4n) is 2.27. The quantitative estimate of drug-likeness (QED) is 0.788. The fraction of sp³-hybridized carbons (Fsp3) is 0.333. The van der Waals surface area contributed by atoms with Crippen molar-refractivity contribution in [3.05, 3.63) is 35.5 Å². The molecule has 0 saturated heterocycles. The molecule has 0 unspecified atom stereocenters. The summed E-state index contributed by atoms with van der Waals surface area (Å²) in [6.45, 7) is 7.90. The number of nitrogens with one attached hydrogen (secondary N) is 2. The second kappa shape index (κ2) is 6.30. The number of rotatable bonds is 5. The smallest absolute Gasteiger partial charge is 0.261 e. The lowest BCUT2D eigenvalue weighted by molar-refractivity contribution is 0.102. The summed E-state index contributed by atoms with van der Waals surface area (Å²) in [5.41, 5.74) is 8.60. The summed E-state index contributed by atoms with van der Waals surface area (Å²) in [7, 11) is 0. The van der Waals surface area contributed by atoms with E-state index in [1.54, 1.807) is 6.92 Å². The lowest BCUT2D eigenvalue weighted by Crippen LogP contribution is -2.21. The van der Waals surface area contributed by atoms with Crippen LogP contribution in [-0.4, -0.2) is 29.2 Å². The zero-order valence-corrected chi connectivity index (χ0v) is 12.6. The molecule has 21 heavy (non-hydrogen) atoms. The summed E-state index contributed by atoms with van der Waals surface area (Å²) < 4.78 is 0. The number of aromatic amines is 1. The number of H-pyrrole nitrogens is 1. The van der Waals surface area contributed by atoms with Crippen molar-refractivity contribution in [3.8, 4) is 0 Å². The van der Waals surface area contributed by atoms with E-state index in [0.29, 0.717) is 11.3 Å². The molecule has 0 aliphatic carbocycles. The first kappa shape index (κ1) is 14.9. The number of aryl methyl sites for hydroxylation is 1. The molecule has 0 fully saturated rings. The van der Waals surface area contributed by atoms with Crippen LogP contribution < -0.4 is 16.0 Å². The predicted octanol–water partition coefficient (Wildman–Crippen LogP) is 2.40. The lowest BCUT2D eigenvalue weighted by atomic mass is 10.2. The molecule has 0 bridgehead atoms. The molecule has 1 heterocycles. The van der Waals surface area contributed by atoms with Crippen LogP contribution in [0.3, 0.4) is 0 Å². The van der Waals surface area contributed by atoms with Crippen molar-refractivity contribution in [2.75, 3.05) is 29.0 Å². The van der Waals surface area contributed by atoms with Gasteiger partial charge in [0.25, 0.3) is 5.91 Å². The van der Waals surface area contributed by atoms with Gasteiger partial charge in [-0.1, -0.05) is 0 Å². The molecule has 1 aromatic heterocycles. The molecule has 1 aromatic carbocycles. The van der Waals surface area contributed by atoms with Crippen LogP contribution in [0.1, 0.15) is 29.9 Å². The zero-order valence-electron chi connectivity index (χ0n) is 12.6. The minimum absolute atomic E-state index is 0.213. The number of nitrogen functional groups attached to an aromatic ring is 1. The van der Waals surface area contributed by atoms with E-state index in [0.717, 1.165) is 24.5 Å². The van der Waals surface area contributed by atoms with Gasteiger partial charge in [-0.2, -0.15) is 5.10 Å². The highest BCUT2D eigenvalue weighted by molar-refractivity contribution is 6.08. The molecule has 4 N–H and O–H groups in total. The van der Waals surface area contributed by atoms with Gasteiger partial charge in [-0.3, -0.25) is 9.89 Å². The van der Waals surface area contributed by atoms with Gasteiger partial charge in [-0.15, -0.1) is 0 Å². The van der Waals surface area contributed by atoms with Crippen molar-refractivity contribution in [1.29, 1.82) is 0 Å². The van der Waals surface area contributed by atoms with Crippen LogP contribution >= 0.6 is 0 Å². The standard InChI is InChI=1S/C15H21N5O/c1-4-20(5-2)12-8-6-11(7-9-12)17-15(21)13-10(3)18-19-14(13)16/h6-9H,4-5H2,1-3H3,(H,17,21)(H3,16,18,19). The fourth-order valence-corrected chi connectivity index (χ4v) is 2.27. The highest BCUT2D eigenvalue weighted by Gasteiger charge is 2.16. The number of amides is 1. The third-order valence-corrected chi connectivity index (χ3v) is 3.46. The molecule has 6 heteroatoms. The lowest BCUT2D eigenvalue weighted by Gasteiger charge is -2.21. The normalized spacial score (nSPS) is 10.4. The summed E-state index contributed by atoms with van der Waals surface area (Å²) in [4.78, 5) is 14.4. The van der Waals surface area contributed by atoms with Crippen LogP contribution in [0.5, 0.6) is 0 Å². The molecule has 1 amide bonds. The molecule has 112 valence electrons. The highest BCUT2D eigenvalue weighted by atomic mass is 16.1. The van der Waals surface area contributed by atoms with E-state index in [2.05, 4.69) is 34.3 Å². The summed E-state index contributed by atoms with van der Waals surface area (Å²) >= 11 is 0. The Morgan fingerprint density at radius 2 is 1.90 bits per heavy atom. The Hall–Kier alpha value is -2.50. The van der Waals surface area contributed by atoms with Gasteiger partial charge < -0.3 is 16.0 Å². The van der Waals surface area contributed by atoms with Crippen LogP contribution in [0.15, 0.2) is 24.3 Å². The molecule has 0 spiro atoms. The van der Waals surface area contributed by atoms with E-state index in [1.165, 1.54) is 0 Å². The van der Waals surface area contributed by atoms with E-state index in [9.17, 15) is 4.79 Å². The largest absolute Gasteiger partial charge is 0.382 e. The minimum atomic E-state index is -0.255. The molecule has 6 nitrogen and oxygen atoms in total. The third kappa shape index (κ3) is 3.16. The summed E-state index contributed by atoms with van der Waals surface area (Å²) in [5, 5.41) is 9.35. The van der Waals surface area contributed by atoms with E-state index in [1.807, 2.05) is 24.3 Å². The number of carbonyl (C=O) groups excluding carboxylic acids is 1. The summed E-state index contributed by atoms with van der Waals surface area (Å²) in [5.74, 6) is -0.0425. The van der Waals surface area contributed by atoms with E-state index < -0.39 is 0 Å². The molecule has 0 radical (unpaired) electrons. The Labute approximate surface area is 124 Å². The number of aromatic nitrogens is 2. The Morgan fingerprint density at radius 3 is 2.38 bits per heavy atom. The second-order valence-electron chi connectivity index (χ2n) is 4.78. The van der Waals surface area contributed by atoms with Crippen molar-refractivity contribution >= 4 is 23.1 Å². The third-order valence-electron chi connectivity index (χ3n) is 3.46. The predicted molar refractivity (Wildman–Crippen MR) is 85.7 cm³/mol. The molecule has 0 saturated carbocycles. The first-order chi connectivity index (χ1) is 10.1. The molecule has 2 rings (SSSR count). The topological polar surface area (TPSA) is 87.0 Å². The highest BCUT2D eigenvalue weighted by Crippen LogP contribution is 2.19. The van der Waals surface area contributed by atoms with Gasteiger partial charge in [-0.05, 0) is 45.0 Å². The van der Waals surface area contributed by atoms with Crippen molar-refractivity contribution in [3.63, 3.8) is 0 Å². The maximum Gasteiger partial charge on any atom is 0.261 e. The summed E-state index contributed by atoms with van der Waals surface area (Å²) in [6.07, 6.45) is 0. The number of hydrogen-bond donors (Lipinski definition) is 3. The Kier molecular flexibility index (Phi) is 4.47. The summed E-state index contributed by atoms with van der Waals surface area (Å²) in [6, 6.07) is 7.76. The van der Waals surface area contributed by atoms with Gasteiger partial charge in [0.2, 0.25) is 0 Å². The average molecular weight is 287 g/mol. The van der Waals surface area contributed by atoms with E-state index in [-0.39, 0.29) is 11.7 Å². The van der Waals surface area contributed by atoms with Gasteiger partial charge in [-0.25, -0.2) is 0 Å². The number of anilines is 3. The molecular formula is C15H21N5O. The minimum Gasteiger partial charge on any atom is -0.382 e. The van der Waals surface area contributed by atoms with Gasteiger partial charge in [0.1, 0.15) is 5.56 Å². The van der Waals surface area contributed by atoms with Crippen molar-refractivity contribution < 1.29 is 4.79 Å². The van der Waals surface area contributed by atoms with Crippen molar-refractivity contribution in [1.82, 2.24) is 10.2 Å². The Morgan fingerprint density at radius 1 is 1.29 bits per heavy atom. The maximum absolute atomic E-state index is 12.2. The van der Waals surface area contributed by atoms with Crippen LogP contribution in [0.25, 0.3) is 0 Å². The van der Waals surface area contributed by atoms with Crippen LogP contribution in [0, 0.1) is 6.92 Å². The maximum atomic E-state index is 12.2. The van der Waals surface area contributed by atoms with Crippen LogP contribution in [0.4, 0.5) is 17.2 Å². The van der Waals surface area contributed by atoms with Gasteiger partial charge in [0.15, 0.2) is 5.82 Å². The van der Waals surface area contributed by atoms with E-state index >= 15 is 0 Å². The molecular weight excluding hydrogens is 266 g/mol. The van der Waals surface area contributed by atoms with Crippen LogP contribution in [-0.2, 0) is 0 Å². The number of carbonyl (C=O) groups is 1. The molecule has 0 aliphatic heterocycles. The SMILES string of the molecule is CCN(CC)c1ccc(NC(=O)c2c(N)n[nH]c2C)cc1. The Bertz CT molecular complexity index is 594. The molecule has 0 atom stereocenters. The second-order valence-corrected chi connectivity index (χ2v) is 4.78. The molecule has 0 aliphatic rings. The first-order valence-corrected chi connectivity index (χ1v) is 7.03.